The summed E-state index contributed by atoms with van der Waals surface area (Å²) in [5, 5.41) is 2.93. The van der Waals surface area contributed by atoms with E-state index in [1.165, 1.54) is 18.5 Å². The molecule has 1 aliphatic rings. The minimum Gasteiger partial charge on any atom is -0.372 e. The van der Waals surface area contributed by atoms with Crippen LogP contribution in [0.2, 0.25) is 0 Å². The van der Waals surface area contributed by atoms with Crippen molar-refractivity contribution in [1.29, 1.82) is 0 Å². The minimum absolute atomic E-state index is 0.0937. The third-order valence-electron chi connectivity index (χ3n) is 3.86. The van der Waals surface area contributed by atoms with E-state index >= 15 is 0 Å². The molecule has 0 atom stereocenters. The number of aryl methyl sites for hydroxylation is 1. The van der Waals surface area contributed by atoms with Crippen LogP contribution in [-0.2, 0) is 0 Å². The van der Waals surface area contributed by atoms with Gasteiger partial charge in [-0.05, 0) is 55.7 Å². The number of carbonyl (C=O) groups is 1. The van der Waals surface area contributed by atoms with Crippen molar-refractivity contribution in [3.63, 3.8) is 0 Å². The van der Waals surface area contributed by atoms with Crippen LogP contribution in [0.4, 0.5) is 11.4 Å². The Labute approximate surface area is 124 Å². The first kappa shape index (κ1) is 13.6. The summed E-state index contributed by atoms with van der Waals surface area (Å²) < 4.78 is 0. The summed E-state index contributed by atoms with van der Waals surface area (Å²) in [4.78, 5) is 18.6. The third kappa shape index (κ3) is 3.05. The SMILES string of the molecule is Cc1cnccc1C(=O)Nc1ccc(N2CCCC2)cc1. The average molecular weight is 281 g/mol. The Morgan fingerprint density at radius 3 is 2.52 bits per heavy atom. The van der Waals surface area contributed by atoms with E-state index in [1.54, 1.807) is 18.5 Å². The van der Waals surface area contributed by atoms with Gasteiger partial charge >= 0.3 is 0 Å². The van der Waals surface area contributed by atoms with E-state index in [0.717, 1.165) is 24.3 Å². The monoisotopic (exact) mass is 281 g/mol. The molecule has 21 heavy (non-hydrogen) atoms. The van der Waals surface area contributed by atoms with Crippen LogP contribution in [0.3, 0.4) is 0 Å². The summed E-state index contributed by atoms with van der Waals surface area (Å²) in [5.74, 6) is -0.0937. The van der Waals surface area contributed by atoms with Gasteiger partial charge in [0.2, 0.25) is 0 Å². The number of nitrogens with zero attached hydrogens (tertiary/aromatic N) is 2. The highest BCUT2D eigenvalue weighted by atomic mass is 16.1. The number of rotatable bonds is 3. The van der Waals surface area contributed by atoms with Gasteiger partial charge in [-0.3, -0.25) is 9.78 Å². The van der Waals surface area contributed by atoms with Gasteiger partial charge in [0.25, 0.3) is 5.91 Å². The Morgan fingerprint density at radius 1 is 1.14 bits per heavy atom. The van der Waals surface area contributed by atoms with E-state index in [1.807, 2.05) is 19.1 Å². The molecule has 2 heterocycles. The molecular weight excluding hydrogens is 262 g/mol. The van der Waals surface area contributed by atoms with Gasteiger partial charge in [0.1, 0.15) is 0 Å². The van der Waals surface area contributed by atoms with Crippen LogP contribution in [0, 0.1) is 6.92 Å². The van der Waals surface area contributed by atoms with Crippen molar-refractivity contribution in [3.05, 3.63) is 53.9 Å². The molecule has 4 nitrogen and oxygen atoms in total. The Balaban J connectivity index is 1.70. The highest BCUT2D eigenvalue weighted by Crippen LogP contribution is 2.22. The van der Waals surface area contributed by atoms with Crippen LogP contribution < -0.4 is 10.2 Å². The lowest BCUT2D eigenvalue weighted by Crippen LogP contribution is -2.17. The van der Waals surface area contributed by atoms with Crippen molar-refractivity contribution in [2.45, 2.75) is 19.8 Å². The number of benzene rings is 1. The number of hydrogen-bond acceptors (Lipinski definition) is 3. The lowest BCUT2D eigenvalue weighted by Gasteiger charge is -2.17. The highest BCUT2D eigenvalue weighted by Gasteiger charge is 2.13. The second-order valence-electron chi connectivity index (χ2n) is 5.39. The Hall–Kier alpha value is -2.36. The van der Waals surface area contributed by atoms with E-state index in [4.69, 9.17) is 0 Å². The lowest BCUT2D eigenvalue weighted by molar-refractivity contribution is 0.102. The summed E-state index contributed by atoms with van der Waals surface area (Å²) in [5.41, 5.74) is 3.59. The molecule has 108 valence electrons. The van der Waals surface area contributed by atoms with Gasteiger partial charge in [-0.15, -0.1) is 0 Å². The molecule has 0 unspecified atom stereocenters. The molecule has 0 bridgehead atoms. The molecule has 1 aliphatic heterocycles. The molecule has 0 aliphatic carbocycles. The molecule has 0 radical (unpaired) electrons. The topological polar surface area (TPSA) is 45.2 Å². The number of aromatic nitrogens is 1. The predicted octanol–water partition coefficient (Wildman–Crippen LogP) is 3.24. The summed E-state index contributed by atoms with van der Waals surface area (Å²) in [7, 11) is 0. The molecule has 1 fully saturated rings. The zero-order valence-corrected chi connectivity index (χ0v) is 12.2. The molecule has 3 rings (SSSR count). The maximum atomic E-state index is 12.2. The molecule has 1 amide bonds. The smallest absolute Gasteiger partial charge is 0.256 e. The van der Waals surface area contributed by atoms with Crippen molar-refractivity contribution in [3.8, 4) is 0 Å². The first-order valence-corrected chi connectivity index (χ1v) is 7.31. The van der Waals surface area contributed by atoms with Gasteiger partial charge < -0.3 is 10.2 Å². The molecule has 0 saturated carbocycles. The van der Waals surface area contributed by atoms with Crippen LogP contribution in [0.1, 0.15) is 28.8 Å². The van der Waals surface area contributed by atoms with E-state index in [-0.39, 0.29) is 5.91 Å². The molecule has 0 spiro atoms. The van der Waals surface area contributed by atoms with Gasteiger partial charge in [-0.2, -0.15) is 0 Å². The third-order valence-corrected chi connectivity index (χ3v) is 3.86. The fourth-order valence-corrected chi connectivity index (χ4v) is 2.66. The number of pyridine rings is 1. The number of amides is 1. The van der Waals surface area contributed by atoms with Crippen molar-refractivity contribution in [2.75, 3.05) is 23.3 Å². The molecule has 1 saturated heterocycles. The van der Waals surface area contributed by atoms with Crippen LogP contribution >= 0.6 is 0 Å². The first-order chi connectivity index (χ1) is 10.2. The van der Waals surface area contributed by atoms with Crippen molar-refractivity contribution >= 4 is 17.3 Å². The van der Waals surface area contributed by atoms with Crippen molar-refractivity contribution in [2.24, 2.45) is 0 Å². The van der Waals surface area contributed by atoms with Gasteiger partial charge in [-0.25, -0.2) is 0 Å². The lowest BCUT2D eigenvalue weighted by atomic mass is 10.1. The standard InChI is InChI=1S/C17H19N3O/c1-13-12-18-9-8-16(13)17(21)19-14-4-6-15(7-5-14)20-10-2-3-11-20/h4-9,12H,2-3,10-11H2,1H3,(H,19,21). The normalized spacial score (nSPS) is 14.2. The average Bonchev–Trinajstić information content (AvgIpc) is 3.02. The van der Waals surface area contributed by atoms with Crippen LogP contribution in [0.25, 0.3) is 0 Å². The Morgan fingerprint density at radius 2 is 1.86 bits per heavy atom. The largest absolute Gasteiger partial charge is 0.372 e. The summed E-state index contributed by atoms with van der Waals surface area (Å²) in [6, 6.07) is 9.80. The predicted molar refractivity (Wildman–Crippen MR) is 84.8 cm³/mol. The van der Waals surface area contributed by atoms with Crippen molar-refractivity contribution in [1.82, 2.24) is 4.98 Å². The maximum Gasteiger partial charge on any atom is 0.256 e. The number of carbonyl (C=O) groups excluding carboxylic acids is 1. The Bertz CT molecular complexity index is 631. The summed E-state index contributed by atoms with van der Waals surface area (Å²) in [6.45, 7) is 4.14. The van der Waals surface area contributed by atoms with E-state index in [2.05, 4.69) is 27.3 Å². The van der Waals surface area contributed by atoms with E-state index < -0.39 is 0 Å². The van der Waals surface area contributed by atoms with E-state index in [0.29, 0.717) is 5.56 Å². The quantitative estimate of drug-likeness (QED) is 0.939. The summed E-state index contributed by atoms with van der Waals surface area (Å²) >= 11 is 0. The molecule has 4 heteroatoms. The van der Waals surface area contributed by atoms with Gasteiger partial charge in [0.05, 0.1) is 0 Å². The molecule has 1 aromatic carbocycles. The molecule has 1 aromatic heterocycles. The zero-order chi connectivity index (χ0) is 14.7. The molecular formula is C17H19N3O. The second-order valence-corrected chi connectivity index (χ2v) is 5.39. The van der Waals surface area contributed by atoms with Crippen LogP contribution in [0.15, 0.2) is 42.7 Å². The van der Waals surface area contributed by atoms with Gasteiger partial charge in [-0.1, -0.05) is 0 Å². The fourth-order valence-electron chi connectivity index (χ4n) is 2.66. The fraction of sp³-hybridized carbons (Fsp3) is 0.294. The summed E-state index contributed by atoms with van der Waals surface area (Å²) in [6.07, 6.45) is 5.86. The van der Waals surface area contributed by atoms with Gasteiger partial charge in [0, 0.05) is 42.4 Å². The van der Waals surface area contributed by atoms with Gasteiger partial charge in [0.15, 0.2) is 0 Å². The Kier molecular flexibility index (Phi) is 3.86. The minimum atomic E-state index is -0.0937. The zero-order valence-electron chi connectivity index (χ0n) is 12.2. The number of nitrogens with one attached hydrogen (secondary N) is 1. The van der Waals surface area contributed by atoms with Crippen molar-refractivity contribution < 1.29 is 4.79 Å². The first-order valence-electron chi connectivity index (χ1n) is 7.31. The highest BCUT2D eigenvalue weighted by molar-refractivity contribution is 6.05. The van der Waals surface area contributed by atoms with Crippen LogP contribution in [0.5, 0.6) is 0 Å². The maximum absolute atomic E-state index is 12.2. The van der Waals surface area contributed by atoms with Crippen LogP contribution in [-0.4, -0.2) is 24.0 Å². The molecule has 1 N–H and O–H groups in total. The second kappa shape index (κ2) is 5.95. The number of hydrogen-bond donors (Lipinski definition) is 1. The number of anilines is 2. The molecule has 2 aromatic rings. The van der Waals surface area contributed by atoms with E-state index in [9.17, 15) is 4.79 Å².